The van der Waals surface area contributed by atoms with Crippen molar-refractivity contribution in [3.8, 4) is 5.75 Å². The van der Waals surface area contributed by atoms with Gasteiger partial charge in [-0.2, -0.15) is 0 Å². The number of nitrogens with zero attached hydrogens (tertiary/aromatic N) is 4. The lowest BCUT2D eigenvalue weighted by molar-refractivity contribution is 0.312. The molecule has 108 valence electrons. The molecule has 2 heterocycles. The van der Waals surface area contributed by atoms with Gasteiger partial charge < -0.3 is 4.74 Å². The van der Waals surface area contributed by atoms with Gasteiger partial charge in [0, 0.05) is 0 Å². The summed E-state index contributed by atoms with van der Waals surface area (Å²) in [5.74, 6) is 0.726. The number of rotatable bonds is 3. The van der Waals surface area contributed by atoms with Crippen molar-refractivity contribution in [3.63, 3.8) is 0 Å². The first-order valence-electron chi connectivity index (χ1n) is 6.87. The highest BCUT2D eigenvalue weighted by Crippen LogP contribution is 2.26. The van der Waals surface area contributed by atoms with Crippen molar-refractivity contribution in [1.82, 2.24) is 19.6 Å². The number of benzene rings is 2. The minimum Gasteiger partial charge on any atom is -0.486 e. The molecule has 0 saturated carbocycles. The molecule has 22 heavy (non-hydrogen) atoms. The summed E-state index contributed by atoms with van der Waals surface area (Å²) in [6, 6.07) is 13.6. The van der Waals surface area contributed by atoms with Crippen LogP contribution in [0.5, 0.6) is 5.75 Å². The number of aromatic nitrogens is 4. The Morgan fingerprint density at radius 3 is 2.50 bits per heavy atom. The van der Waals surface area contributed by atoms with E-state index < -0.39 is 0 Å². The van der Waals surface area contributed by atoms with Gasteiger partial charge in [-0.25, -0.2) is 9.97 Å². The Hall–Kier alpha value is -2.60. The Morgan fingerprint density at radius 1 is 0.955 bits per heavy atom. The third-order valence-corrected chi connectivity index (χ3v) is 4.23. The third kappa shape index (κ3) is 2.27. The fourth-order valence-corrected chi connectivity index (χ4v) is 2.81. The van der Waals surface area contributed by atoms with E-state index in [0.29, 0.717) is 6.61 Å². The van der Waals surface area contributed by atoms with Gasteiger partial charge in [-0.15, -0.1) is 5.10 Å². The molecule has 0 amide bonds. The Balaban J connectivity index is 1.77. The van der Waals surface area contributed by atoms with Crippen LogP contribution >= 0.6 is 11.5 Å². The van der Waals surface area contributed by atoms with E-state index in [9.17, 15) is 0 Å². The topological polar surface area (TPSA) is 60.8 Å². The smallest absolute Gasteiger partial charge is 0.147 e. The highest BCUT2D eigenvalue weighted by molar-refractivity contribution is 7.05. The van der Waals surface area contributed by atoms with E-state index in [2.05, 4.69) is 19.6 Å². The first-order chi connectivity index (χ1) is 10.8. The number of hydrogen-bond donors (Lipinski definition) is 0. The van der Waals surface area contributed by atoms with E-state index in [1.165, 1.54) is 11.5 Å². The van der Waals surface area contributed by atoms with Crippen LogP contribution < -0.4 is 4.74 Å². The molecule has 0 unspecified atom stereocenters. The summed E-state index contributed by atoms with van der Waals surface area (Å²) in [6.45, 7) is 2.37. The molecular formula is C16H12N4OS. The number of aryl methyl sites for hydroxylation is 1. The summed E-state index contributed by atoms with van der Waals surface area (Å²) in [7, 11) is 0. The zero-order valence-corrected chi connectivity index (χ0v) is 12.7. The normalized spacial score (nSPS) is 11.1. The van der Waals surface area contributed by atoms with Crippen molar-refractivity contribution in [2.24, 2.45) is 0 Å². The second kappa shape index (κ2) is 5.31. The van der Waals surface area contributed by atoms with Gasteiger partial charge in [0.1, 0.15) is 17.9 Å². The van der Waals surface area contributed by atoms with Crippen molar-refractivity contribution in [1.29, 1.82) is 0 Å². The van der Waals surface area contributed by atoms with Gasteiger partial charge in [0.15, 0.2) is 0 Å². The molecule has 4 rings (SSSR count). The molecule has 0 aliphatic carbocycles. The van der Waals surface area contributed by atoms with E-state index in [4.69, 9.17) is 4.74 Å². The second-order valence-electron chi connectivity index (χ2n) is 4.91. The van der Waals surface area contributed by atoms with Crippen LogP contribution in [0.2, 0.25) is 0 Å². The molecular weight excluding hydrogens is 296 g/mol. The second-order valence-corrected chi connectivity index (χ2v) is 5.75. The van der Waals surface area contributed by atoms with Gasteiger partial charge in [-0.1, -0.05) is 22.7 Å². The molecule has 2 aromatic heterocycles. The molecule has 5 nitrogen and oxygen atoms in total. The van der Waals surface area contributed by atoms with Crippen LogP contribution in [0.1, 0.15) is 10.6 Å². The zero-order chi connectivity index (χ0) is 14.9. The number of fused-ring (bicyclic) bond motifs is 2. The molecule has 0 atom stereocenters. The lowest BCUT2D eigenvalue weighted by Gasteiger charge is -2.08. The summed E-state index contributed by atoms with van der Waals surface area (Å²) in [5, 5.41) is 3.99. The SMILES string of the molecule is Cc1nnsc1COc1cccc2nc3ccccc3nc12. The number of ether oxygens (including phenoxy) is 1. The molecule has 0 radical (unpaired) electrons. The monoisotopic (exact) mass is 308 g/mol. The summed E-state index contributed by atoms with van der Waals surface area (Å²) < 4.78 is 9.84. The van der Waals surface area contributed by atoms with Gasteiger partial charge in [0.2, 0.25) is 0 Å². The zero-order valence-electron chi connectivity index (χ0n) is 11.9. The maximum absolute atomic E-state index is 5.92. The van der Waals surface area contributed by atoms with Crippen molar-refractivity contribution in [2.75, 3.05) is 0 Å². The van der Waals surface area contributed by atoms with E-state index >= 15 is 0 Å². The summed E-state index contributed by atoms with van der Waals surface area (Å²) in [4.78, 5) is 10.3. The van der Waals surface area contributed by atoms with Crippen molar-refractivity contribution < 1.29 is 4.74 Å². The van der Waals surface area contributed by atoms with Gasteiger partial charge >= 0.3 is 0 Å². The quantitative estimate of drug-likeness (QED) is 0.542. The van der Waals surface area contributed by atoms with Crippen LogP contribution in [0, 0.1) is 6.92 Å². The predicted octanol–water partition coefficient (Wildman–Crippen LogP) is 3.52. The van der Waals surface area contributed by atoms with E-state index in [0.717, 1.165) is 38.4 Å². The van der Waals surface area contributed by atoms with Crippen LogP contribution in [0.15, 0.2) is 42.5 Å². The minimum absolute atomic E-state index is 0.442. The Labute approximate surface area is 130 Å². The average Bonchev–Trinajstić information content (AvgIpc) is 2.96. The van der Waals surface area contributed by atoms with Gasteiger partial charge in [0.05, 0.1) is 27.1 Å². The molecule has 0 saturated heterocycles. The fourth-order valence-electron chi connectivity index (χ4n) is 2.26. The number of hydrogen-bond acceptors (Lipinski definition) is 6. The molecule has 0 spiro atoms. The van der Waals surface area contributed by atoms with Crippen LogP contribution in [-0.4, -0.2) is 19.6 Å². The summed E-state index contributed by atoms with van der Waals surface area (Å²) >= 11 is 1.35. The van der Waals surface area contributed by atoms with E-state index in [-0.39, 0.29) is 0 Å². The van der Waals surface area contributed by atoms with Crippen LogP contribution in [-0.2, 0) is 6.61 Å². The van der Waals surface area contributed by atoms with Crippen molar-refractivity contribution in [2.45, 2.75) is 13.5 Å². The van der Waals surface area contributed by atoms with Crippen LogP contribution in [0.3, 0.4) is 0 Å². The highest BCUT2D eigenvalue weighted by Gasteiger charge is 2.09. The molecule has 4 aromatic rings. The lowest BCUT2D eigenvalue weighted by Crippen LogP contribution is -1.97. The molecule has 0 bridgehead atoms. The van der Waals surface area contributed by atoms with Crippen molar-refractivity contribution in [3.05, 3.63) is 53.0 Å². The Kier molecular flexibility index (Phi) is 3.16. The molecule has 6 heteroatoms. The summed E-state index contributed by atoms with van der Waals surface area (Å²) in [6.07, 6.45) is 0. The van der Waals surface area contributed by atoms with Gasteiger partial charge in [0.25, 0.3) is 0 Å². The average molecular weight is 308 g/mol. The first kappa shape index (κ1) is 13.1. The highest BCUT2D eigenvalue weighted by atomic mass is 32.1. The molecule has 2 aromatic carbocycles. The molecule has 0 aliphatic rings. The maximum Gasteiger partial charge on any atom is 0.147 e. The van der Waals surface area contributed by atoms with Gasteiger partial charge in [-0.3, -0.25) is 0 Å². The molecule has 0 N–H and O–H groups in total. The Bertz CT molecular complexity index is 967. The van der Waals surface area contributed by atoms with Crippen LogP contribution in [0.4, 0.5) is 0 Å². The standard InChI is InChI=1S/C16H12N4OS/c1-10-15(22-20-19-10)9-21-14-8-4-7-13-16(14)18-12-6-3-2-5-11(12)17-13/h2-8H,9H2,1H3. The predicted molar refractivity (Wildman–Crippen MR) is 86.0 cm³/mol. The van der Waals surface area contributed by atoms with Crippen molar-refractivity contribution >= 4 is 33.6 Å². The Morgan fingerprint density at radius 2 is 1.73 bits per heavy atom. The number of para-hydroxylation sites is 3. The van der Waals surface area contributed by atoms with Gasteiger partial charge in [-0.05, 0) is 42.7 Å². The largest absolute Gasteiger partial charge is 0.486 e. The maximum atomic E-state index is 5.92. The van der Waals surface area contributed by atoms with E-state index in [1.54, 1.807) is 0 Å². The van der Waals surface area contributed by atoms with Crippen LogP contribution in [0.25, 0.3) is 22.1 Å². The fraction of sp³-hybridized carbons (Fsp3) is 0.125. The minimum atomic E-state index is 0.442. The summed E-state index contributed by atoms with van der Waals surface area (Å²) in [5.41, 5.74) is 4.25. The first-order valence-corrected chi connectivity index (χ1v) is 7.65. The lowest BCUT2D eigenvalue weighted by atomic mass is 10.2. The third-order valence-electron chi connectivity index (χ3n) is 3.44. The van der Waals surface area contributed by atoms with E-state index in [1.807, 2.05) is 49.4 Å². The molecule has 0 fully saturated rings. The molecule has 0 aliphatic heterocycles.